The molecule has 0 bridgehead atoms. The second-order valence-corrected chi connectivity index (χ2v) is 4.98. The van der Waals surface area contributed by atoms with E-state index in [0.717, 1.165) is 24.7 Å². The third-order valence-corrected chi connectivity index (χ3v) is 3.57. The van der Waals surface area contributed by atoms with Crippen LogP contribution in [0.5, 0.6) is 0 Å². The highest BCUT2D eigenvalue weighted by Crippen LogP contribution is 2.31. The highest BCUT2D eigenvalue weighted by atomic mass is 15.0. The molecule has 0 aromatic carbocycles. The van der Waals surface area contributed by atoms with Gasteiger partial charge in [-0.25, -0.2) is 4.98 Å². The second kappa shape index (κ2) is 5.89. The first-order chi connectivity index (χ1) is 8.29. The minimum absolute atomic E-state index is 0.574. The highest BCUT2D eigenvalue weighted by molar-refractivity contribution is 5.52. The topological polar surface area (TPSA) is 37.0 Å². The van der Waals surface area contributed by atoms with Crippen molar-refractivity contribution in [2.45, 2.75) is 45.6 Å². The molecule has 17 heavy (non-hydrogen) atoms. The minimum atomic E-state index is 0.574. The van der Waals surface area contributed by atoms with Gasteiger partial charge in [0, 0.05) is 30.5 Å². The molecule has 1 aliphatic rings. The molecule has 1 atom stereocenters. The van der Waals surface area contributed by atoms with Crippen LogP contribution in [0.2, 0.25) is 0 Å². The smallest absolute Gasteiger partial charge is 0.127 e. The summed E-state index contributed by atoms with van der Waals surface area (Å²) < 4.78 is 0. The van der Waals surface area contributed by atoms with E-state index in [1.807, 2.05) is 12.3 Å². The van der Waals surface area contributed by atoms with Crippen molar-refractivity contribution in [3.8, 4) is 0 Å². The summed E-state index contributed by atoms with van der Waals surface area (Å²) in [5.74, 6) is 1.83. The van der Waals surface area contributed by atoms with Crippen LogP contribution < -0.4 is 10.6 Å². The molecule has 94 valence electrons. The number of pyridine rings is 1. The Morgan fingerprint density at radius 2 is 2.29 bits per heavy atom. The van der Waals surface area contributed by atoms with E-state index < -0.39 is 0 Å². The SMILES string of the molecule is CCCNc1cc(NC(C)C2CCC2)ccn1. The van der Waals surface area contributed by atoms with Crippen LogP contribution in [-0.4, -0.2) is 17.6 Å². The van der Waals surface area contributed by atoms with Crippen molar-refractivity contribution in [2.24, 2.45) is 5.92 Å². The van der Waals surface area contributed by atoms with Crippen LogP contribution in [0.25, 0.3) is 0 Å². The Bertz CT molecular complexity index is 347. The third-order valence-electron chi connectivity index (χ3n) is 3.57. The molecular formula is C14H23N3. The van der Waals surface area contributed by atoms with Crippen LogP contribution in [0, 0.1) is 5.92 Å². The summed E-state index contributed by atoms with van der Waals surface area (Å²) in [6.45, 7) is 5.42. The Hall–Kier alpha value is -1.25. The summed E-state index contributed by atoms with van der Waals surface area (Å²) in [6, 6.07) is 4.72. The number of anilines is 2. The standard InChI is InChI=1S/C14H23N3/c1-3-8-15-14-10-13(7-9-16-14)17-11(2)12-5-4-6-12/h7,9-12H,3-6,8H2,1-2H3,(H2,15,16,17). The molecule has 1 aliphatic carbocycles. The Labute approximate surface area is 104 Å². The summed E-state index contributed by atoms with van der Waals surface area (Å²) in [7, 11) is 0. The zero-order valence-electron chi connectivity index (χ0n) is 10.9. The molecule has 0 radical (unpaired) electrons. The van der Waals surface area contributed by atoms with E-state index >= 15 is 0 Å². The first kappa shape index (κ1) is 12.2. The number of hydrogen-bond donors (Lipinski definition) is 2. The fourth-order valence-corrected chi connectivity index (χ4v) is 2.19. The van der Waals surface area contributed by atoms with Crippen LogP contribution in [-0.2, 0) is 0 Å². The molecule has 1 aromatic heterocycles. The molecule has 1 unspecified atom stereocenters. The molecule has 0 saturated heterocycles. The van der Waals surface area contributed by atoms with Gasteiger partial charge < -0.3 is 10.6 Å². The molecule has 1 saturated carbocycles. The second-order valence-electron chi connectivity index (χ2n) is 4.98. The number of rotatable bonds is 6. The Morgan fingerprint density at radius 1 is 1.47 bits per heavy atom. The van der Waals surface area contributed by atoms with E-state index in [4.69, 9.17) is 0 Å². The highest BCUT2D eigenvalue weighted by Gasteiger charge is 2.23. The van der Waals surface area contributed by atoms with Crippen molar-refractivity contribution in [3.63, 3.8) is 0 Å². The largest absolute Gasteiger partial charge is 0.382 e. The summed E-state index contributed by atoms with van der Waals surface area (Å²) >= 11 is 0. The van der Waals surface area contributed by atoms with Gasteiger partial charge in [0.15, 0.2) is 0 Å². The third kappa shape index (κ3) is 3.35. The summed E-state index contributed by atoms with van der Waals surface area (Å²) in [5.41, 5.74) is 1.18. The van der Waals surface area contributed by atoms with Crippen molar-refractivity contribution in [3.05, 3.63) is 18.3 Å². The van der Waals surface area contributed by atoms with Gasteiger partial charge in [-0.1, -0.05) is 13.3 Å². The number of aromatic nitrogens is 1. The molecule has 1 heterocycles. The quantitative estimate of drug-likeness (QED) is 0.789. The predicted octanol–water partition coefficient (Wildman–Crippen LogP) is 3.50. The van der Waals surface area contributed by atoms with Gasteiger partial charge in [0.1, 0.15) is 5.82 Å². The maximum absolute atomic E-state index is 4.31. The molecule has 2 N–H and O–H groups in total. The van der Waals surface area contributed by atoms with Gasteiger partial charge in [0.05, 0.1) is 0 Å². The Balaban J connectivity index is 1.90. The minimum Gasteiger partial charge on any atom is -0.382 e. The number of hydrogen-bond acceptors (Lipinski definition) is 3. The van der Waals surface area contributed by atoms with Crippen molar-refractivity contribution in [1.82, 2.24) is 4.98 Å². The lowest BCUT2D eigenvalue weighted by molar-refractivity contribution is 0.285. The first-order valence-corrected chi connectivity index (χ1v) is 6.76. The van der Waals surface area contributed by atoms with Gasteiger partial charge in [0.2, 0.25) is 0 Å². The van der Waals surface area contributed by atoms with E-state index in [-0.39, 0.29) is 0 Å². The zero-order valence-corrected chi connectivity index (χ0v) is 10.9. The summed E-state index contributed by atoms with van der Waals surface area (Å²) in [5, 5.41) is 6.89. The maximum atomic E-state index is 4.31. The molecule has 2 rings (SSSR count). The summed E-state index contributed by atoms with van der Waals surface area (Å²) in [6.07, 6.45) is 7.14. The molecule has 3 heteroatoms. The van der Waals surface area contributed by atoms with Crippen molar-refractivity contribution in [1.29, 1.82) is 0 Å². The fourth-order valence-electron chi connectivity index (χ4n) is 2.19. The summed E-state index contributed by atoms with van der Waals surface area (Å²) in [4.78, 5) is 4.31. The number of nitrogens with one attached hydrogen (secondary N) is 2. The van der Waals surface area contributed by atoms with Crippen molar-refractivity contribution < 1.29 is 0 Å². The van der Waals surface area contributed by atoms with E-state index in [1.165, 1.54) is 24.9 Å². The van der Waals surface area contributed by atoms with Crippen LogP contribution in [0.15, 0.2) is 18.3 Å². The molecule has 0 spiro atoms. The molecule has 1 aromatic rings. The van der Waals surface area contributed by atoms with Gasteiger partial charge in [-0.15, -0.1) is 0 Å². The zero-order chi connectivity index (χ0) is 12.1. The van der Waals surface area contributed by atoms with E-state index in [1.54, 1.807) is 0 Å². The molecular weight excluding hydrogens is 210 g/mol. The van der Waals surface area contributed by atoms with E-state index in [2.05, 4.69) is 35.5 Å². The Morgan fingerprint density at radius 3 is 2.94 bits per heavy atom. The van der Waals surface area contributed by atoms with E-state index in [9.17, 15) is 0 Å². The van der Waals surface area contributed by atoms with E-state index in [0.29, 0.717) is 6.04 Å². The van der Waals surface area contributed by atoms with Gasteiger partial charge in [-0.2, -0.15) is 0 Å². The van der Waals surface area contributed by atoms with Crippen LogP contribution in [0.3, 0.4) is 0 Å². The lowest BCUT2D eigenvalue weighted by Crippen LogP contribution is -2.30. The average molecular weight is 233 g/mol. The van der Waals surface area contributed by atoms with Crippen molar-refractivity contribution in [2.75, 3.05) is 17.2 Å². The first-order valence-electron chi connectivity index (χ1n) is 6.76. The molecule has 0 aliphatic heterocycles. The monoisotopic (exact) mass is 233 g/mol. The van der Waals surface area contributed by atoms with Gasteiger partial charge in [-0.3, -0.25) is 0 Å². The lowest BCUT2D eigenvalue weighted by atomic mass is 9.80. The molecule has 1 fully saturated rings. The lowest BCUT2D eigenvalue weighted by Gasteiger charge is -2.32. The van der Waals surface area contributed by atoms with Crippen LogP contribution in [0.4, 0.5) is 11.5 Å². The van der Waals surface area contributed by atoms with Crippen molar-refractivity contribution >= 4 is 11.5 Å². The fraction of sp³-hybridized carbons (Fsp3) is 0.643. The van der Waals surface area contributed by atoms with Gasteiger partial charge in [-0.05, 0) is 38.2 Å². The number of nitrogens with zero attached hydrogens (tertiary/aromatic N) is 1. The van der Waals surface area contributed by atoms with Crippen LogP contribution >= 0.6 is 0 Å². The average Bonchev–Trinajstić information content (AvgIpc) is 2.24. The van der Waals surface area contributed by atoms with Gasteiger partial charge in [0.25, 0.3) is 0 Å². The Kier molecular flexibility index (Phi) is 4.24. The molecule has 3 nitrogen and oxygen atoms in total. The van der Waals surface area contributed by atoms with Gasteiger partial charge >= 0.3 is 0 Å². The predicted molar refractivity (Wildman–Crippen MR) is 73.4 cm³/mol. The van der Waals surface area contributed by atoms with Crippen LogP contribution in [0.1, 0.15) is 39.5 Å². The molecule has 0 amide bonds. The normalized spacial score (nSPS) is 17.3. The maximum Gasteiger partial charge on any atom is 0.127 e.